The molecule has 0 fully saturated rings. The molecule has 3 aromatic rings. The van der Waals surface area contributed by atoms with Gasteiger partial charge in [-0.3, -0.25) is 9.78 Å². The molecule has 0 spiro atoms. The maximum Gasteiger partial charge on any atom is 0.436 e. The van der Waals surface area contributed by atoms with Crippen LogP contribution in [0.3, 0.4) is 0 Å². The molecule has 2 aromatic carbocycles. The summed E-state index contributed by atoms with van der Waals surface area (Å²) in [6, 6.07) is 7.00. The van der Waals surface area contributed by atoms with Gasteiger partial charge in [-0.25, -0.2) is 4.39 Å². The molecular formula is C20H10ClF9N2O2. The van der Waals surface area contributed by atoms with Crippen molar-refractivity contribution in [3.05, 3.63) is 64.8 Å². The van der Waals surface area contributed by atoms with Crippen LogP contribution in [0, 0.1) is 0 Å². The minimum Gasteiger partial charge on any atom is -0.433 e. The average molecular weight is 517 g/mol. The molecule has 1 heterocycles. The van der Waals surface area contributed by atoms with Crippen LogP contribution in [0.5, 0.6) is 5.75 Å². The molecule has 0 aliphatic heterocycles. The van der Waals surface area contributed by atoms with Crippen LogP contribution < -0.4 is 10.1 Å². The van der Waals surface area contributed by atoms with Gasteiger partial charge in [0, 0.05) is 22.7 Å². The van der Waals surface area contributed by atoms with E-state index in [2.05, 4.69) is 9.72 Å². The SMILES string of the molecule is O=C(Nc1c(OC(F)F)ccc(C(F)(C(F)(F)F)C(F)(F)F)c1Cl)c1ccc2ncccc2c1. The van der Waals surface area contributed by atoms with E-state index in [9.17, 15) is 44.3 Å². The van der Waals surface area contributed by atoms with Gasteiger partial charge in [-0.15, -0.1) is 0 Å². The Labute approximate surface area is 189 Å². The molecule has 4 nitrogen and oxygen atoms in total. The van der Waals surface area contributed by atoms with Crippen LogP contribution >= 0.6 is 11.6 Å². The largest absolute Gasteiger partial charge is 0.436 e. The lowest BCUT2D eigenvalue weighted by atomic mass is 9.93. The average Bonchev–Trinajstić information content (AvgIpc) is 2.73. The number of hydrogen-bond acceptors (Lipinski definition) is 3. The number of alkyl halides is 9. The van der Waals surface area contributed by atoms with Gasteiger partial charge in [0.25, 0.3) is 5.91 Å². The van der Waals surface area contributed by atoms with Gasteiger partial charge in [-0.1, -0.05) is 17.7 Å². The first kappa shape index (κ1) is 25.4. The van der Waals surface area contributed by atoms with Crippen molar-refractivity contribution in [3.63, 3.8) is 0 Å². The molecule has 0 aliphatic carbocycles. The summed E-state index contributed by atoms with van der Waals surface area (Å²) < 4.78 is 123. The molecule has 0 radical (unpaired) electrons. The molecular weight excluding hydrogens is 507 g/mol. The molecule has 34 heavy (non-hydrogen) atoms. The topological polar surface area (TPSA) is 51.2 Å². The maximum absolute atomic E-state index is 14.6. The van der Waals surface area contributed by atoms with Gasteiger partial charge < -0.3 is 10.1 Å². The Balaban J connectivity index is 2.14. The van der Waals surface area contributed by atoms with Gasteiger partial charge in [0.15, 0.2) is 5.75 Å². The highest BCUT2D eigenvalue weighted by Gasteiger charge is 2.74. The standard InChI is InChI=1S/C20H10ClF9N2O2/c21-14-11(18(24,19(25,26)27)20(28,29)30)4-6-13(34-17(22)23)15(14)32-16(33)10-3-5-12-9(8-10)2-1-7-31-12/h1-8,17H,(H,32,33). The lowest BCUT2D eigenvalue weighted by molar-refractivity contribution is -0.348. The van der Waals surface area contributed by atoms with Crippen LogP contribution in [0.15, 0.2) is 48.7 Å². The van der Waals surface area contributed by atoms with Crippen molar-refractivity contribution in [2.45, 2.75) is 24.6 Å². The van der Waals surface area contributed by atoms with E-state index in [4.69, 9.17) is 11.6 Å². The Kier molecular flexibility index (Phi) is 6.62. The zero-order valence-corrected chi connectivity index (χ0v) is 17.0. The minimum absolute atomic E-state index is 0.0988. The van der Waals surface area contributed by atoms with Crippen LogP contribution in [0.2, 0.25) is 5.02 Å². The molecule has 0 aliphatic rings. The van der Waals surface area contributed by atoms with Crippen LogP contribution in [0.25, 0.3) is 10.9 Å². The van der Waals surface area contributed by atoms with Gasteiger partial charge in [-0.05, 0) is 36.4 Å². The lowest BCUT2D eigenvalue weighted by Gasteiger charge is -2.31. The van der Waals surface area contributed by atoms with Crippen molar-refractivity contribution in [3.8, 4) is 5.75 Å². The Bertz CT molecular complexity index is 1210. The van der Waals surface area contributed by atoms with Gasteiger partial charge in [-0.2, -0.15) is 35.1 Å². The molecule has 14 heteroatoms. The number of halogens is 10. The second-order valence-electron chi connectivity index (χ2n) is 6.70. The number of amides is 1. The van der Waals surface area contributed by atoms with Crippen molar-refractivity contribution in [1.82, 2.24) is 4.98 Å². The predicted octanol–water partition coefficient (Wildman–Crippen LogP) is 7.03. The highest BCUT2D eigenvalue weighted by atomic mass is 35.5. The summed E-state index contributed by atoms with van der Waals surface area (Å²) in [6.45, 7) is -3.61. The Morgan fingerprint density at radius 2 is 1.62 bits per heavy atom. The van der Waals surface area contributed by atoms with Crippen molar-refractivity contribution in [2.75, 3.05) is 5.32 Å². The van der Waals surface area contributed by atoms with Crippen LogP contribution in [0.1, 0.15) is 15.9 Å². The molecule has 0 saturated carbocycles. The summed E-state index contributed by atoms with van der Waals surface area (Å²) in [4.78, 5) is 16.6. The monoisotopic (exact) mass is 516 g/mol. The van der Waals surface area contributed by atoms with Gasteiger partial charge in [0.2, 0.25) is 0 Å². The summed E-state index contributed by atoms with van der Waals surface area (Å²) >= 11 is 5.63. The van der Waals surface area contributed by atoms with E-state index in [1.807, 2.05) is 5.32 Å². The summed E-state index contributed by atoms with van der Waals surface area (Å²) in [7, 11) is 0. The van der Waals surface area contributed by atoms with E-state index in [0.29, 0.717) is 10.9 Å². The van der Waals surface area contributed by atoms with Gasteiger partial charge in [0.1, 0.15) is 5.69 Å². The van der Waals surface area contributed by atoms with Crippen molar-refractivity contribution < 1.29 is 49.0 Å². The van der Waals surface area contributed by atoms with Gasteiger partial charge in [0.05, 0.1) is 10.5 Å². The van der Waals surface area contributed by atoms with E-state index in [1.54, 1.807) is 6.07 Å². The Morgan fingerprint density at radius 3 is 2.21 bits per heavy atom. The van der Waals surface area contributed by atoms with Crippen molar-refractivity contribution in [2.24, 2.45) is 0 Å². The number of fused-ring (bicyclic) bond motifs is 1. The highest BCUT2D eigenvalue weighted by Crippen LogP contribution is 2.56. The molecule has 1 N–H and O–H groups in total. The number of rotatable bonds is 5. The number of nitrogens with one attached hydrogen (secondary N) is 1. The second kappa shape index (κ2) is 8.85. The summed E-state index contributed by atoms with van der Waals surface area (Å²) in [6.07, 6.45) is -11.6. The fourth-order valence-corrected chi connectivity index (χ4v) is 3.34. The van der Waals surface area contributed by atoms with Crippen LogP contribution in [-0.4, -0.2) is 29.9 Å². The van der Waals surface area contributed by atoms with E-state index < -0.39 is 52.6 Å². The number of carbonyl (C=O) groups excluding carboxylic acids is 1. The van der Waals surface area contributed by atoms with Crippen LogP contribution in [-0.2, 0) is 5.67 Å². The number of carbonyl (C=O) groups is 1. The molecule has 1 amide bonds. The van der Waals surface area contributed by atoms with E-state index in [1.165, 1.54) is 30.5 Å². The number of ether oxygens (including phenoxy) is 1. The van der Waals surface area contributed by atoms with Crippen LogP contribution in [0.4, 0.5) is 45.2 Å². The fourth-order valence-electron chi connectivity index (χ4n) is 3.00. The molecule has 0 saturated heterocycles. The third-order valence-electron chi connectivity index (χ3n) is 4.58. The fraction of sp³-hybridized carbons (Fsp3) is 0.200. The molecule has 3 rings (SSSR count). The highest BCUT2D eigenvalue weighted by molar-refractivity contribution is 6.35. The number of hydrogen-bond donors (Lipinski definition) is 1. The number of pyridine rings is 1. The summed E-state index contributed by atoms with van der Waals surface area (Å²) in [5, 5.41) is 0.623. The normalized spacial score (nSPS) is 12.8. The lowest BCUT2D eigenvalue weighted by Crippen LogP contribution is -2.50. The molecule has 1 aromatic heterocycles. The third kappa shape index (κ3) is 4.56. The van der Waals surface area contributed by atoms with Crippen molar-refractivity contribution in [1.29, 1.82) is 0 Å². The zero-order chi connectivity index (χ0) is 25.5. The summed E-state index contributed by atoms with van der Waals surface area (Å²) in [5.74, 6) is -2.27. The van der Waals surface area contributed by atoms with E-state index in [0.717, 1.165) is 0 Å². The maximum atomic E-state index is 14.6. The quantitative estimate of drug-likeness (QED) is 0.370. The van der Waals surface area contributed by atoms with Gasteiger partial charge >= 0.3 is 24.6 Å². The number of anilines is 1. The zero-order valence-electron chi connectivity index (χ0n) is 16.2. The molecule has 0 unspecified atom stereocenters. The first-order valence-corrected chi connectivity index (χ1v) is 9.31. The van der Waals surface area contributed by atoms with E-state index >= 15 is 0 Å². The Hall–Kier alpha value is -3.22. The molecule has 0 atom stereocenters. The number of nitrogens with zero attached hydrogens (tertiary/aromatic N) is 1. The first-order chi connectivity index (χ1) is 15.7. The molecule has 0 bridgehead atoms. The number of benzene rings is 2. The van der Waals surface area contributed by atoms with E-state index in [-0.39, 0.29) is 17.7 Å². The third-order valence-corrected chi connectivity index (χ3v) is 4.97. The summed E-state index contributed by atoms with van der Waals surface area (Å²) in [5.41, 5.74) is -9.12. The smallest absolute Gasteiger partial charge is 0.433 e. The molecule has 182 valence electrons. The predicted molar refractivity (Wildman–Crippen MR) is 103 cm³/mol. The minimum atomic E-state index is -6.54. The Morgan fingerprint density at radius 1 is 0.971 bits per heavy atom. The van der Waals surface area contributed by atoms with Crippen molar-refractivity contribution >= 4 is 34.1 Å². The first-order valence-electron chi connectivity index (χ1n) is 8.93. The number of aromatic nitrogens is 1. The second-order valence-corrected chi connectivity index (χ2v) is 7.08.